The zero-order chi connectivity index (χ0) is 24.0. The lowest BCUT2D eigenvalue weighted by molar-refractivity contribution is -0.259. The van der Waals surface area contributed by atoms with Crippen LogP contribution in [0.1, 0.15) is 106 Å². The summed E-state index contributed by atoms with van der Waals surface area (Å²) in [5, 5.41) is 22.3. The van der Waals surface area contributed by atoms with Gasteiger partial charge < -0.3 is 15.1 Å². The van der Waals surface area contributed by atoms with Gasteiger partial charge in [0.25, 0.3) is 0 Å². The van der Waals surface area contributed by atoms with Gasteiger partial charge in [-0.3, -0.25) is 4.79 Å². The van der Waals surface area contributed by atoms with Gasteiger partial charge in [-0.05, 0) is 61.6 Å². The molecule has 0 spiro atoms. The Balaban J connectivity index is 2.24. The Kier molecular flexibility index (Phi) is 6.96. The molecule has 5 heteroatoms. The molecule has 31 heavy (non-hydrogen) atoms. The number of phenolic OH excluding ortho intramolecular Hbond substituents is 1. The van der Waals surface area contributed by atoms with E-state index in [4.69, 9.17) is 4.74 Å². The zero-order valence-corrected chi connectivity index (χ0v) is 21.2. The van der Waals surface area contributed by atoms with Crippen molar-refractivity contribution in [3.8, 4) is 5.75 Å². The fraction of sp³-hybridized carbons (Fsp3) is 0.731. The smallest absolute Gasteiger partial charge is 0.306 e. The van der Waals surface area contributed by atoms with E-state index in [0.29, 0.717) is 12.8 Å². The first kappa shape index (κ1) is 25.7. The number of piperidine rings is 1. The molecule has 2 N–H and O–H groups in total. The van der Waals surface area contributed by atoms with Crippen LogP contribution in [0.3, 0.4) is 0 Å². The number of hydroxylamine groups is 2. The molecule has 176 valence electrons. The third kappa shape index (κ3) is 6.01. The number of aromatic hydroxyl groups is 1. The van der Waals surface area contributed by atoms with Gasteiger partial charge in [-0.25, -0.2) is 0 Å². The average molecular weight is 434 g/mol. The molecule has 1 fully saturated rings. The number of esters is 1. The molecule has 2 rings (SSSR count). The summed E-state index contributed by atoms with van der Waals surface area (Å²) in [5.74, 6) is 0.0284. The second-order valence-electron chi connectivity index (χ2n) is 12.6. The number of hydrogen-bond acceptors (Lipinski definition) is 5. The minimum atomic E-state index is -0.464. The summed E-state index contributed by atoms with van der Waals surface area (Å²) in [6.07, 6.45) is 1.22. The van der Waals surface area contributed by atoms with E-state index in [9.17, 15) is 15.1 Å². The third-order valence-corrected chi connectivity index (χ3v) is 6.55. The summed E-state index contributed by atoms with van der Waals surface area (Å²) >= 11 is 0. The molecule has 0 radical (unpaired) electrons. The quantitative estimate of drug-likeness (QED) is 0.556. The van der Waals surface area contributed by atoms with Gasteiger partial charge in [-0.15, -0.1) is 0 Å². The number of ether oxygens (including phenoxy) is 1. The van der Waals surface area contributed by atoms with Crippen LogP contribution in [0.5, 0.6) is 5.75 Å². The molecule has 1 atom stereocenters. The van der Waals surface area contributed by atoms with Gasteiger partial charge >= 0.3 is 5.97 Å². The summed E-state index contributed by atoms with van der Waals surface area (Å²) in [7, 11) is 0. The van der Waals surface area contributed by atoms with Gasteiger partial charge in [-0.1, -0.05) is 53.7 Å². The van der Waals surface area contributed by atoms with Crippen molar-refractivity contribution in [3.05, 3.63) is 29.3 Å². The summed E-state index contributed by atoms with van der Waals surface area (Å²) in [6, 6.07) is 5.70. The van der Waals surface area contributed by atoms with Crippen LogP contribution >= 0.6 is 0 Å². The molecule has 0 aliphatic carbocycles. The fourth-order valence-corrected chi connectivity index (χ4v) is 4.96. The van der Waals surface area contributed by atoms with E-state index < -0.39 is 11.1 Å². The molecular weight excluding hydrogens is 390 g/mol. The van der Waals surface area contributed by atoms with Crippen LogP contribution in [0.25, 0.3) is 0 Å². The predicted octanol–water partition coefficient (Wildman–Crippen LogP) is 6.16. The van der Waals surface area contributed by atoms with Crippen LogP contribution < -0.4 is 0 Å². The van der Waals surface area contributed by atoms with Crippen LogP contribution in [0.2, 0.25) is 0 Å². The van der Waals surface area contributed by atoms with E-state index in [1.165, 1.54) is 5.06 Å². The van der Waals surface area contributed by atoms with Crippen LogP contribution in [-0.2, 0) is 14.9 Å². The van der Waals surface area contributed by atoms with E-state index in [1.807, 2.05) is 39.8 Å². The Morgan fingerprint density at radius 3 is 2.06 bits per heavy atom. The van der Waals surface area contributed by atoms with Gasteiger partial charge in [0.05, 0.1) is 6.42 Å². The zero-order valence-electron chi connectivity index (χ0n) is 21.2. The average Bonchev–Trinajstić information content (AvgIpc) is 2.55. The van der Waals surface area contributed by atoms with Crippen molar-refractivity contribution in [2.75, 3.05) is 0 Å². The van der Waals surface area contributed by atoms with Gasteiger partial charge in [0.2, 0.25) is 0 Å². The number of hydrogen-bond donors (Lipinski definition) is 2. The Labute approximate surface area is 188 Å². The SMILES string of the molecule is CC(C)(C)c1cc(C(CC(=O)OC2CC(C)(C)N(O)C(C)(C)C2)C(C)(C)C)ccc1O. The number of carbonyl (C=O) groups excluding carboxylic acids is 1. The van der Waals surface area contributed by atoms with Gasteiger partial charge in [0.1, 0.15) is 11.9 Å². The molecule has 1 aromatic carbocycles. The summed E-state index contributed by atoms with van der Waals surface area (Å²) in [6.45, 7) is 20.5. The highest BCUT2D eigenvalue weighted by Gasteiger charge is 2.46. The van der Waals surface area contributed by atoms with E-state index in [-0.39, 0.29) is 41.0 Å². The Bertz CT molecular complexity index is 781. The Morgan fingerprint density at radius 1 is 1.10 bits per heavy atom. The maximum Gasteiger partial charge on any atom is 0.306 e. The molecule has 1 aliphatic rings. The van der Waals surface area contributed by atoms with Crippen molar-refractivity contribution in [2.45, 2.75) is 117 Å². The standard InChI is InChI=1S/C26H43NO4/c1-23(2,3)19(17-11-12-21(28)20(13-17)24(4,5)6)14-22(29)31-18-15-25(7,8)27(30)26(9,10)16-18/h11-13,18-19,28,30H,14-16H2,1-10H3. The first-order valence-electron chi connectivity index (χ1n) is 11.4. The van der Waals surface area contributed by atoms with Crippen LogP contribution in [0.15, 0.2) is 18.2 Å². The van der Waals surface area contributed by atoms with E-state index in [2.05, 4.69) is 41.5 Å². The number of benzene rings is 1. The first-order chi connectivity index (χ1) is 13.8. The molecule has 0 bridgehead atoms. The van der Waals surface area contributed by atoms with Gasteiger partial charge in [0.15, 0.2) is 0 Å². The summed E-state index contributed by atoms with van der Waals surface area (Å²) in [4.78, 5) is 13.0. The van der Waals surface area contributed by atoms with Crippen molar-refractivity contribution in [2.24, 2.45) is 5.41 Å². The third-order valence-electron chi connectivity index (χ3n) is 6.55. The number of rotatable bonds is 4. The topological polar surface area (TPSA) is 70.0 Å². The molecule has 0 aromatic heterocycles. The number of nitrogens with zero attached hydrogens (tertiary/aromatic N) is 1. The van der Waals surface area contributed by atoms with Crippen molar-refractivity contribution >= 4 is 5.97 Å². The Hall–Kier alpha value is -1.59. The maximum atomic E-state index is 13.0. The van der Waals surface area contributed by atoms with Crippen molar-refractivity contribution in [1.82, 2.24) is 5.06 Å². The van der Waals surface area contributed by atoms with E-state index in [0.717, 1.165) is 11.1 Å². The van der Waals surface area contributed by atoms with Crippen molar-refractivity contribution in [1.29, 1.82) is 0 Å². The highest BCUT2D eigenvalue weighted by Crippen LogP contribution is 2.42. The highest BCUT2D eigenvalue weighted by molar-refractivity contribution is 5.71. The largest absolute Gasteiger partial charge is 0.508 e. The molecule has 1 unspecified atom stereocenters. The monoisotopic (exact) mass is 433 g/mol. The Morgan fingerprint density at radius 2 is 1.61 bits per heavy atom. The molecule has 5 nitrogen and oxygen atoms in total. The van der Waals surface area contributed by atoms with Crippen molar-refractivity contribution in [3.63, 3.8) is 0 Å². The fourth-order valence-electron chi connectivity index (χ4n) is 4.96. The lowest BCUT2D eigenvalue weighted by Crippen LogP contribution is -2.60. The second kappa shape index (κ2) is 8.40. The normalized spacial score (nSPS) is 21.0. The highest BCUT2D eigenvalue weighted by atomic mass is 16.5. The van der Waals surface area contributed by atoms with E-state index >= 15 is 0 Å². The molecule has 1 heterocycles. The lowest BCUT2D eigenvalue weighted by atomic mass is 9.73. The second-order valence-corrected chi connectivity index (χ2v) is 12.6. The molecular formula is C26H43NO4. The maximum absolute atomic E-state index is 13.0. The van der Waals surface area contributed by atoms with Crippen molar-refractivity contribution < 1.29 is 19.8 Å². The van der Waals surface area contributed by atoms with Crippen LogP contribution in [0.4, 0.5) is 0 Å². The number of carbonyl (C=O) groups is 1. The number of phenols is 1. The molecule has 1 saturated heterocycles. The molecule has 1 aliphatic heterocycles. The van der Waals surface area contributed by atoms with Crippen LogP contribution in [-0.4, -0.2) is 38.5 Å². The minimum Gasteiger partial charge on any atom is -0.508 e. The van der Waals surface area contributed by atoms with Gasteiger partial charge in [0, 0.05) is 23.9 Å². The predicted molar refractivity (Wildman–Crippen MR) is 125 cm³/mol. The summed E-state index contributed by atoms with van der Waals surface area (Å²) in [5.41, 5.74) is 0.643. The lowest BCUT2D eigenvalue weighted by Gasteiger charge is -2.51. The molecule has 0 amide bonds. The summed E-state index contributed by atoms with van der Waals surface area (Å²) < 4.78 is 5.95. The van der Waals surface area contributed by atoms with Gasteiger partial charge in [-0.2, -0.15) is 5.06 Å². The van der Waals surface area contributed by atoms with E-state index in [1.54, 1.807) is 6.07 Å². The minimum absolute atomic E-state index is 0.0411. The van der Waals surface area contributed by atoms with Crippen LogP contribution in [0, 0.1) is 5.41 Å². The molecule has 1 aromatic rings. The first-order valence-corrected chi connectivity index (χ1v) is 11.4. The molecule has 0 saturated carbocycles.